The van der Waals surface area contributed by atoms with E-state index in [9.17, 15) is 0 Å². The summed E-state index contributed by atoms with van der Waals surface area (Å²) >= 11 is 0. The van der Waals surface area contributed by atoms with Gasteiger partial charge in [-0.25, -0.2) is 4.98 Å². The molecule has 0 saturated heterocycles. The molecule has 10 aromatic rings. The monoisotopic (exact) mass is 674 g/mol. The highest BCUT2D eigenvalue weighted by Gasteiger charge is 2.27. The maximum absolute atomic E-state index is 5.32. The van der Waals surface area contributed by atoms with Crippen LogP contribution in [-0.2, 0) is 0 Å². The molecular formula is C49H30N4. The lowest BCUT2D eigenvalue weighted by Gasteiger charge is -2.16. The SMILES string of the molecule is c1ccc(-c2ccc(-c3nc(-c4ccccc4)nc(-n4c5ccccc5c5ccc6c(c54)-c4ccccc4-c4cccc5cccc-6c45)n3)cc2)cc1. The Bertz CT molecular complexity index is 3030. The smallest absolute Gasteiger partial charge is 0.238 e. The van der Waals surface area contributed by atoms with Gasteiger partial charge < -0.3 is 0 Å². The maximum Gasteiger partial charge on any atom is 0.238 e. The summed E-state index contributed by atoms with van der Waals surface area (Å²) in [5, 5.41) is 4.81. The molecule has 11 rings (SSSR count). The second kappa shape index (κ2) is 11.7. The molecule has 8 aromatic carbocycles. The zero-order valence-corrected chi connectivity index (χ0v) is 28.6. The lowest BCUT2D eigenvalue weighted by Crippen LogP contribution is -2.07. The van der Waals surface area contributed by atoms with E-state index in [0.717, 1.165) is 38.5 Å². The van der Waals surface area contributed by atoms with Gasteiger partial charge in [-0.2, -0.15) is 9.97 Å². The molecule has 53 heavy (non-hydrogen) atoms. The highest BCUT2D eigenvalue weighted by molar-refractivity contribution is 6.21. The lowest BCUT2D eigenvalue weighted by molar-refractivity contribution is 0.954. The molecule has 2 heterocycles. The topological polar surface area (TPSA) is 43.6 Å². The van der Waals surface area contributed by atoms with E-state index in [2.05, 4.69) is 162 Å². The van der Waals surface area contributed by atoms with Crippen LogP contribution in [0.1, 0.15) is 0 Å². The van der Waals surface area contributed by atoms with E-state index < -0.39 is 0 Å². The van der Waals surface area contributed by atoms with E-state index in [0.29, 0.717) is 17.6 Å². The summed E-state index contributed by atoms with van der Waals surface area (Å²) in [6.07, 6.45) is 0. The van der Waals surface area contributed by atoms with Crippen molar-refractivity contribution in [2.45, 2.75) is 0 Å². The summed E-state index contributed by atoms with van der Waals surface area (Å²) in [5.74, 6) is 1.83. The Balaban J connectivity index is 1.24. The van der Waals surface area contributed by atoms with E-state index in [1.165, 1.54) is 49.7 Å². The fourth-order valence-corrected chi connectivity index (χ4v) is 8.24. The minimum absolute atomic E-state index is 0.582. The summed E-state index contributed by atoms with van der Waals surface area (Å²) < 4.78 is 2.27. The van der Waals surface area contributed by atoms with Gasteiger partial charge in [0.15, 0.2) is 11.6 Å². The van der Waals surface area contributed by atoms with Gasteiger partial charge in [-0.15, -0.1) is 0 Å². The third kappa shape index (κ3) is 4.59. The van der Waals surface area contributed by atoms with Gasteiger partial charge in [0.1, 0.15) is 0 Å². The first-order chi connectivity index (χ1) is 26.3. The molecule has 0 spiro atoms. The van der Waals surface area contributed by atoms with Gasteiger partial charge in [0.05, 0.1) is 11.0 Å². The van der Waals surface area contributed by atoms with Crippen LogP contribution >= 0.6 is 0 Å². The van der Waals surface area contributed by atoms with Gasteiger partial charge in [-0.05, 0) is 55.8 Å². The minimum atomic E-state index is 0.582. The quantitative estimate of drug-likeness (QED) is 0.187. The maximum atomic E-state index is 5.32. The van der Waals surface area contributed by atoms with Crippen LogP contribution in [0.5, 0.6) is 0 Å². The van der Waals surface area contributed by atoms with Gasteiger partial charge in [-0.3, -0.25) is 4.57 Å². The summed E-state index contributed by atoms with van der Waals surface area (Å²) in [6, 6.07) is 64.5. The number of hydrogen-bond donors (Lipinski definition) is 0. The fourth-order valence-electron chi connectivity index (χ4n) is 8.24. The first-order valence-corrected chi connectivity index (χ1v) is 18.0. The number of fused-ring (bicyclic) bond motifs is 9. The zero-order valence-electron chi connectivity index (χ0n) is 28.6. The fraction of sp³-hybridized carbons (Fsp3) is 0. The first-order valence-electron chi connectivity index (χ1n) is 18.0. The van der Waals surface area contributed by atoms with Crippen LogP contribution in [0.4, 0.5) is 0 Å². The predicted octanol–water partition coefficient (Wildman–Crippen LogP) is 12.4. The van der Waals surface area contributed by atoms with Gasteiger partial charge in [0.2, 0.25) is 5.95 Å². The predicted molar refractivity (Wildman–Crippen MR) is 218 cm³/mol. The molecule has 2 aromatic heterocycles. The minimum Gasteiger partial charge on any atom is -0.277 e. The molecule has 0 unspecified atom stereocenters. The molecule has 0 aliphatic heterocycles. The molecule has 1 aliphatic carbocycles. The van der Waals surface area contributed by atoms with Gasteiger partial charge in [-0.1, -0.05) is 176 Å². The Morgan fingerprint density at radius 2 is 0.887 bits per heavy atom. The summed E-state index contributed by atoms with van der Waals surface area (Å²) in [4.78, 5) is 15.7. The molecule has 4 heteroatoms. The molecule has 0 bridgehead atoms. The number of aromatic nitrogens is 4. The van der Waals surface area contributed by atoms with E-state index >= 15 is 0 Å². The molecule has 0 saturated carbocycles. The van der Waals surface area contributed by atoms with E-state index in [1.54, 1.807) is 0 Å². The van der Waals surface area contributed by atoms with Crippen molar-refractivity contribution in [3.8, 4) is 73.2 Å². The van der Waals surface area contributed by atoms with Crippen molar-refractivity contribution in [1.82, 2.24) is 19.5 Å². The Hall–Kier alpha value is -7.17. The van der Waals surface area contributed by atoms with Gasteiger partial charge in [0.25, 0.3) is 0 Å². The van der Waals surface area contributed by atoms with Crippen LogP contribution in [-0.4, -0.2) is 19.5 Å². The van der Waals surface area contributed by atoms with E-state index in [-0.39, 0.29) is 0 Å². The van der Waals surface area contributed by atoms with Crippen LogP contribution in [0.3, 0.4) is 0 Å². The number of rotatable bonds is 4. The third-order valence-electron chi connectivity index (χ3n) is 10.6. The highest BCUT2D eigenvalue weighted by Crippen LogP contribution is 2.51. The zero-order chi connectivity index (χ0) is 34.9. The molecular weight excluding hydrogens is 645 g/mol. The Labute approximate surface area is 306 Å². The van der Waals surface area contributed by atoms with Crippen LogP contribution in [0, 0.1) is 0 Å². The van der Waals surface area contributed by atoms with Crippen molar-refractivity contribution in [2.75, 3.05) is 0 Å². The van der Waals surface area contributed by atoms with Crippen molar-refractivity contribution in [1.29, 1.82) is 0 Å². The molecule has 4 nitrogen and oxygen atoms in total. The largest absolute Gasteiger partial charge is 0.277 e. The van der Waals surface area contributed by atoms with Crippen LogP contribution < -0.4 is 0 Å². The van der Waals surface area contributed by atoms with Gasteiger partial charge in [0, 0.05) is 27.5 Å². The van der Waals surface area contributed by atoms with Crippen LogP contribution in [0.15, 0.2) is 182 Å². The van der Waals surface area contributed by atoms with E-state index in [1.807, 2.05) is 24.3 Å². The second-order valence-corrected chi connectivity index (χ2v) is 13.6. The standard InChI is InChI=1S/C49H30N4/c1-3-13-31(14-4-1)32-25-27-35(28-26-32)48-50-47(34-15-5-2-6-16-34)51-49(52-48)53-43-24-10-9-20-37(43)42-30-29-41-40-23-12-18-33-17-11-22-38(44(33)40)36-19-7-8-21-39(36)45(41)46(42)53/h1-30H. The molecule has 0 fully saturated rings. The molecule has 0 amide bonds. The number of nitrogens with zero attached hydrogens (tertiary/aromatic N) is 4. The van der Waals surface area contributed by atoms with Crippen LogP contribution in [0.25, 0.3) is 106 Å². The second-order valence-electron chi connectivity index (χ2n) is 13.6. The van der Waals surface area contributed by atoms with E-state index in [4.69, 9.17) is 15.0 Å². The lowest BCUT2D eigenvalue weighted by atomic mass is 9.91. The summed E-state index contributed by atoms with van der Waals surface area (Å²) in [5.41, 5.74) is 13.5. The van der Waals surface area contributed by atoms with Crippen molar-refractivity contribution < 1.29 is 0 Å². The molecule has 246 valence electrons. The third-order valence-corrected chi connectivity index (χ3v) is 10.6. The normalized spacial score (nSPS) is 11.8. The average molecular weight is 675 g/mol. The molecule has 0 N–H and O–H groups in total. The highest BCUT2D eigenvalue weighted by atomic mass is 15.2. The Morgan fingerprint density at radius 1 is 0.340 bits per heavy atom. The van der Waals surface area contributed by atoms with Crippen molar-refractivity contribution in [3.63, 3.8) is 0 Å². The number of benzene rings is 8. The average Bonchev–Trinajstić information content (AvgIpc) is 3.52. The van der Waals surface area contributed by atoms with Gasteiger partial charge >= 0.3 is 0 Å². The summed E-state index contributed by atoms with van der Waals surface area (Å²) in [6.45, 7) is 0. The van der Waals surface area contributed by atoms with Crippen molar-refractivity contribution in [2.24, 2.45) is 0 Å². The number of para-hydroxylation sites is 1. The van der Waals surface area contributed by atoms with Crippen molar-refractivity contribution in [3.05, 3.63) is 182 Å². The molecule has 1 aliphatic rings. The summed E-state index contributed by atoms with van der Waals surface area (Å²) in [7, 11) is 0. The number of hydrogen-bond acceptors (Lipinski definition) is 3. The Morgan fingerprint density at radius 3 is 1.62 bits per heavy atom. The molecule has 0 radical (unpaired) electrons. The van der Waals surface area contributed by atoms with Crippen molar-refractivity contribution >= 4 is 32.6 Å². The molecule has 0 atom stereocenters. The Kier molecular flexibility index (Phi) is 6.52. The van der Waals surface area contributed by atoms with Crippen LogP contribution in [0.2, 0.25) is 0 Å². The first kappa shape index (κ1) is 29.5.